The van der Waals surface area contributed by atoms with Gasteiger partial charge in [0.15, 0.2) is 5.78 Å². The average Bonchev–Trinajstić information content (AvgIpc) is 2.92. The second kappa shape index (κ2) is 6.76. The Labute approximate surface area is 163 Å². The zero-order valence-electron chi connectivity index (χ0n) is 14.8. The van der Waals surface area contributed by atoms with E-state index in [1.54, 1.807) is 25.3 Å². The van der Waals surface area contributed by atoms with E-state index in [9.17, 15) is 9.90 Å². The lowest BCUT2D eigenvalue weighted by Crippen LogP contribution is -2.34. The van der Waals surface area contributed by atoms with Gasteiger partial charge in [0.2, 0.25) is 0 Å². The van der Waals surface area contributed by atoms with Crippen molar-refractivity contribution in [3.05, 3.63) is 101 Å². The Morgan fingerprint density at radius 2 is 1.52 bits per heavy atom. The van der Waals surface area contributed by atoms with Crippen molar-refractivity contribution in [2.45, 2.75) is 12.5 Å². The quantitative estimate of drug-likeness (QED) is 0.672. The molecule has 1 aromatic heterocycles. The number of Topliss-reactive ketones (excluding diaryl/α,β-unsaturated/α-hetero) is 1. The molecule has 3 nitrogen and oxygen atoms in total. The lowest BCUT2D eigenvalue weighted by Gasteiger charge is -2.31. The van der Waals surface area contributed by atoms with Crippen LogP contribution in [-0.2, 0) is 10.4 Å². The average molecular weight is 376 g/mol. The van der Waals surface area contributed by atoms with Crippen LogP contribution in [0.25, 0.3) is 11.1 Å². The van der Waals surface area contributed by atoms with Crippen molar-refractivity contribution in [1.29, 1.82) is 0 Å². The van der Waals surface area contributed by atoms with E-state index in [0.29, 0.717) is 21.9 Å². The molecule has 4 heteroatoms. The zero-order chi connectivity index (χ0) is 19.0. The summed E-state index contributed by atoms with van der Waals surface area (Å²) in [6.07, 6.45) is 1.54. The monoisotopic (exact) mass is 375 g/mol. The van der Waals surface area contributed by atoms with Crippen LogP contribution in [0.2, 0.25) is 5.15 Å². The molecule has 0 bridgehead atoms. The maximum atomic E-state index is 13.3. The standard InChI is InChI=1S/C23H18ClNO2/c1-15-22(26)20(16-8-4-2-5-9-16)21(17-10-6-3-7-11-17)23(15,27)18-12-13-19(24)25-14-18/h2-15,27H,1H3. The van der Waals surface area contributed by atoms with Gasteiger partial charge in [-0.25, -0.2) is 4.98 Å². The van der Waals surface area contributed by atoms with Gasteiger partial charge < -0.3 is 5.11 Å². The Kier molecular flexibility index (Phi) is 4.42. The first-order chi connectivity index (χ1) is 13.0. The maximum Gasteiger partial charge on any atom is 0.170 e. The van der Waals surface area contributed by atoms with Crippen LogP contribution in [0, 0.1) is 5.92 Å². The number of benzene rings is 2. The molecule has 2 unspecified atom stereocenters. The maximum absolute atomic E-state index is 13.3. The van der Waals surface area contributed by atoms with E-state index < -0.39 is 11.5 Å². The van der Waals surface area contributed by atoms with Crippen LogP contribution in [0.3, 0.4) is 0 Å². The fourth-order valence-corrected chi connectivity index (χ4v) is 3.90. The Bertz CT molecular complexity index is 1010. The number of allylic oxidation sites excluding steroid dienone is 1. The SMILES string of the molecule is CC1C(=O)C(c2ccccc2)=C(c2ccccc2)C1(O)c1ccc(Cl)nc1. The van der Waals surface area contributed by atoms with Gasteiger partial charge in [-0.05, 0) is 17.2 Å². The number of hydrogen-bond acceptors (Lipinski definition) is 3. The third kappa shape index (κ3) is 2.80. The highest BCUT2D eigenvalue weighted by Crippen LogP contribution is 2.52. The van der Waals surface area contributed by atoms with E-state index in [4.69, 9.17) is 11.6 Å². The van der Waals surface area contributed by atoms with Crippen molar-refractivity contribution in [1.82, 2.24) is 4.98 Å². The number of hydrogen-bond donors (Lipinski definition) is 1. The Balaban J connectivity index is 2.04. The number of rotatable bonds is 3. The molecule has 0 saturated carbocycles. The van der Waals surface area contributed by atoms with Crippen molar-refractivity contribution in [3.8, 4) is 0 Å². The molecular formula is C23H18ClNO2. The largest absolute Gasteiger partial charge is 0.380 e. The van der Waals surface area contributed by atoms with E-state index >= 15 is 0 Å². The van der Waals surface area contributed by atoms with Crippen LogP contribution in [0.5, 0.6) is 0 Å². The van der Waals surface area contributed by atoms with Gasteiger partial charge in [-0.2, -0.15) is 0 Å². The van der Waals surface area contributed by atoms with Crippen LogP contribution in [0.1, 0.15) is 23.6 Å². The predicted molar refractivity (Wildman–Crippen MR) is 107 cm³/mol. The van der Waals surface area contributed by atoms with Crippen molar-refractivity contribution < 1.29 is 9.90 Å². The number of carbonyl (C=O) groups excluding carboxylic acids is 1. The van der Waals surface area contributed by atoms with E-state index in [2.05, 4.69) is 4.98 Å². The predicted octanol–water partition coefficient (Wildman–Crippen LogP) is 4.75. The molecule has 134 valence electrons. The van der Waals surface area contributed by atoms with Crippen LogP contribution >= 0.6 is 11.6 Å². The molecule has 2 atom stereocenters. The van der Waals surface area contributed by atoms with Gasteiger partial charge in [0.05, 0.1) is 5.92 Å². The minimum Gasteiger partial charge on any atom is -0.380 e. The molecule has 4 rings (SSSR count). The molecule has 0 radical (unpaired) electrons. The number of aromatic nitrogens is 1. The Morgan fingerprint density at radius 1 is 0.926 bits per heavy atom. The number of nitrogens with zero attached hydrogens (tertiary/aromatic N) is 1. The minimum atomic E-state index is -1.48. The summed E-state index contributed by atoms with van der Waals surface area (Å²) in [7, 11) is 0. The smallest absolute Gasteiger partial charge is 0.170 e. The molecular weight excluding hydrogens is 358 g/mol. The first kappa shape index (κ1) is 17.7. The molecule has 27 heavy (non-hydrogen) atoms. The number of ketones is 1. The molecule has 0 amide bonds. The molecule has 0 fully saturated rings. The molecule has 0 saturated heterocycles. The van der Waals surface area contributed by atoms with Gasteiger partial charge in [-0.1, -0.05) is 85.3 Å². The van der Waals surface area contributed by atoms with E-state index in [1.165, 1.54) is 0 Å². The van der Waals surface area contributed by atoms with Gasteiger partial charge in [0.1, 0.15) is 10.8 Å². The summed E-state index contributed by atoms with van der Waals surface area (Å²) in [5, 5.41) is 12.2. The third-order valence-corrected chi connectivity index (χ3v) is 5.41. The molecule has 1 aliphatic carbocycles. The van der Waals surface area contributed by atoms with Crippen molar-refractivity contribution >= 4 is 28.5 Å². The third-order valence-electron chi connectivity index (χ3n) is 5.19. The van der Waals surface area contributed by atoms with Gasteiger partial charge in [-0.3, -0.25) is 4.79 Å². The summed E-state index contributed by atoms with van der Waals surface area (Å²) in [4.78, 5) is 17.4. The lowest BCUT2D eigenvalue weighted by molar-refractivity contribution is -0.121. The highest BCUT2D eigenvalue weighted by molar-refractivity contribution is 6.34. The summed E-state index contributed by atoms with van der Waals surface area (Å²) >= 11 is 5.94. The topological polar surface area (TPSA) is 50.2 Å². The van der Waals surface area contributed by atoms with E-state index in [-0.39, 0.29) is 5.78 Å². The number of halogens is 1. The first-order valence-electron chi connectivity index (χ1n) is 8.77. The summed E-state index contributed by atoms with van der Waals surface area (Å²) in [6, 6.07) is 22.4. The Hall–Kier alpha value is -2.75. The molecule has 1 aliphatic rings. The highest BCUT2D eigenvalue weighted by atomic mass is 35.5. The van der Waals surface area contributed by atoms with Crippen molar-refractivity contribution in [2.24, 2.45) is 5.92 Å². The highest BCUT2D eigenvalue weighted by Gasteiger charge is 2.52. The van der Waals surface area contributed by atoms with Crippen LogP contribution < -0.4 is 0 Å². The van der Waals surface area contributed by atoms with Gasteiger partial charge in [0.25, 0.3) is 0 Å². The van der Waals surface area contributed by atoms with Crippen LogP contribution in [0.15, 0.2) is 79.0 Å². The van der Waals surface area contributed by atoms with Crippen molar-refractivity contribution in [3.63, 3.8) is 0 Å². The fourth-order valence-electron chi connectivity index (χ4n) is 3.79. The molecule has 1 heterocycles. The van der Waals surface area contributed by atoms with E-state index in [1.807, 2.05) is 60.7 Å². The normalized spacial score (nSPS) is 22.3. The fraction of sp³-hybridized carbons (Fsp3) is 0.130. The van der Waals surface area contributed by atoms with Crippen molar-refractivity contribution in [2.75, 3.05) is 0 Å². The molecule has 2 aromatic carbocycles. The second-order valence-corrected chi connectivity index (χ2v) is 7.09. The van der Waals surface area contributed by atoms with Crippen LogP contribution in [0.4, 0.5) is 0 Å². The number of carbonyl (C=O) groups is 1. The summed E-state index contributed by atoms with van der Waals surface area (Å²) in [6.45, 7) is 1.76. The molecule has 1 N–H and O–H groups in total. The number of pyridine rings is 1. The minimum absolute atomic E-state index is 0.0856. The molecule has 0 aliphatic heterocycles. The van der Waals surface area contributed by atoms with Gasteiger partial charge in [0, 0.05) is 22.9 Å². The number of aliphatic hydroxyl groups is 1. The van der Waals surface area contributed by atoms with E-state index in [0.717, 1.165) is 11.1 Å². The van der Waals surface area contributed by atoms with Gasteiger partial charge in [-0.15, -0.1) is 0 Å². The van der Waals surface area contributed by atoms with Gasteiger partial charge >= 0.3 is 0 Å². The summed E-state index contributed by atoms with van der Waals surface area (Å²) in [5.74, 6) is -0.733. The first-order valence-corrected chi connectivity index (χ1v) is 9.15. The van der Waals surface area contributed by atoms with Crippen LogP contribution in [-0.4, -0.2) is 15.9 Å². The second-order valence-electron chi connectivity index (χ2n) is 6.70. The summed E-state index contributed by atoms with van der Waals surface area (Å²) in [5.41, 5.74) is 1.83. The lowest BCUT2D eigenvalue weighted by atomic mass is 9.78. The molecule has 0 spiro atoms. The zero-order valence-corrected chi connectivity index (χ0v) is 15.5. The summed E-state index contributed by atoms with van der Waals surface area (Å²) < 4.78 is 0. The Morgan fingerprint density at radius 3 is 2.07 bits per heavy atom. The molecule has 3 aromatic rings.